The number of likely N-dealkylation sites (tertiary alicyclic amines) is 1. The average molecular weight is 376 g/mol. The predicted octanol–water partition coefficient (Wildman–Crippen LogP) is 1.52. The number of esters is 1. The van der Waals surface area contributed by atoms with E-state index in [-0.39, 0.29) is 35.8 Å². The van der Waals surface area contributed by atoms with Gasteiger partial charge < -0.3 is 14.5 Å². The Morgan fingerprint density at radius 3 is 2.74 bits per heavy atom. The van der Waals surface area contributed by atoms with Gasteiger partial charge in [-0.25, -0.2) is 4.98 Å². The van der Waals surface area contributed by atoms with E-state index >= 15 is 0 Å². The van der Waals surface area contributed by atoms with Crippen LogP contribution in [0, 0.1) is 5.92 Å². The van der Waals surface area contributed by atoms with Crippen LogP contribution in [-0.2, 0) is 14.3 Å². The smallest absolute Gasteiger partial charge is 0.310 e. The summed E-state index contributed by atoms with van der Waals surface area (Å²) in [5.74, 6) is -0.756. The summed E-state index contributed by atoms with van der Waals surface area (Å²) in [6, 6.07) is 0. The van der Waals surface area contributed by atoms with Crippen LogP contribution in [0.1, 0.15) is 50.0 Å². The Hall–Kier alpha value is -2.51. The first-order valence-electron chi connectivity index (χ1n) is 9.56. The monoisotopic (exact) mass is 376 g/mol. The Morgan fingerprint density at radius 1 is 1.26 bits per heavy atom. The van der Waals surface area contributed by atoms with E-state index in [1.807, 2.05) is 6.92 Å². The molecule has 0 spiro atoms. The van der Waals surface area contributed by atoms with Crippen molar-refractivity contribution >= 4 is 17.8 Å². The summed E-state index contributed by atoms with van der Waals surface area (Å²) >= 11 is 0. The number of carbonyl (C=O) groups is 3. The number of carbonyl (C=O) groups excluding carboxylic acids is 3. The summed E-state index contributed by atoms with van der Waals surface area (Å²) in [6.07, 6.45) is 6.96. The molecule has 2 heterocycles. The van der Waals surface area contributed by atoms with Crippen LogP contribution >= 0.6 is 0 Å². The van der Waals surface area contributed by atoms with Crippen LogP contribution in [0.2, 0.25) is 0 Å². The summed E-state index contributed by atoms with van der Waals surface area (Å²) in [5.41, 5.74) is 0.277. The van der Waals surface area contributed by atoms with E-state index in [0.717, 1.165) is 19.3 Å². The summed E-state index contributed by atoms with van der Waals surface area (Å²) in [5, 5.41) is 0. The Kier molecular flexibility index (Phi) is 8.16. The zero-order valence-electron chi connectivity index (χ0n) is 16.1. The summed E-state index contributed by atoms with van der Waals surface area (Å²) in [6.45, 7) is 6.01. The molecule has 148 valence electrons. The first kappa shape index (κ1) is 20.8. The molecular weight excluding hydrogens is 348 g/mol. The maximum Gasteiger partial charge on any atom is 0.310 e. The molecule has 1 atom stereocenters. The highest BCUT2D eigenvalue weighted by molar-refractivity contribution is 5.92. The van der Waals surface area contributed by atoms with Gasteiger partial charge in [0.05, 0.1) is 18.7 Å². The summed E-state index contributed by atoms with van der Waals surface area (Å²) in [7, 11) is 0. The minimum absolute atomic E-state index is 0.0444. The van der Waals surface area contributed by atoms with E-state index in [2.05, 4.69) is 9.97 Å². The zero-order valence-corrected chi connectivity index (χ0v) is 16.1. The molecule has 1 fully saturated rings. The molecular formula is C19H28N4O4. The second-order valence-corrected chi connectivity index (χ2v) is 6.56. The molecule has 1 aliphatic heterocycles. The Balaban J connectivity index is 1.91. The van der Waals surface area contributed by atoms with Gasteiger partial charge in [-0.15, -0.1) is 0 Å². The molecule has 1 aromatic rings. The largest absolute Gasteiger partial charge is 0.466 e. The van der Waals surface area contributed by atoms with Crippen molar-refractivity contribution in [3.8, 4) is 0 Å². The molecule has 0 N–H and O–H groups in total. The normalized spacial score (nSPS) is 16.7. The number of ether oxygens (including phenoxy) is 1. The first-order chi connectivity index (χ1) is 13.1. The number of hydrogen-bond donors (Lipinski definition) is 0. The molecule has 0 aliphatic carbocycles. The minimum atomic E-state index is -0.254. The topological polar surface area (TPSA) is 92.7 Å². The quantitative estimate of drug-likeness (QED) is 0.639. The van der Waals surface area contributed by atoms with Gasteiger partial charge in [0.15, 0.2) is 0 Å². The molecule has 27 heavy (non-hydrogen) atoms. The van der Waals surface area contributed by atoms with Crippen molar-refractivity contribution < 1.29 is 19.1 Å². The molecule has 0 bridgehead atoms. The number of nitrogens with zero attached hydrogens (tertiary/aromatic N) is 4. The van der Waals surface area contributed by atoms with Crippen LogP contribution in [-0.4, -0.2) is 70.3 Å². The van der Waals surface area contributed by atoms with Crippen molar-refractivity contribution in [2.45, 2.75) is 39.5 Å². The van der Waals surface area contributed by atoms with Crippen LogP contribution in [0.15, 0.2) is 18.6 Å². The highest BCUT2D eigenvalue weighted by Crippen LogP contribution is 2.19. The van der Waals surface area contributed by atoms with Crippen LogP contribution in [0.25, 0.3) is 0 Å². The fourth-order valence-corrected chi connectivity index (χ4v) is 3.20. The lowest BCUT2D eigenvalue weighted by Crippen LogP contribution is -2.44. The minimum Gasteiger partial charge on any atom is -0.466 e. The standard InChI is InChI=1S/C19H28N4O4/c1-3-10-22(18(25)16-13-20-8-9-21-16)12-7-17(24)23-11-5-6-15(14-23)19(26)27-4-2/h8-9,13,15H,3-7,10-12,14H2,1-2H3/t15-/m0/s1. The van der Waals surface area contributed by atoms with E-state index in [4.69, 9.17) is 4.74 Å². The molecule has 8 heteroatoms. The predicted molar refractivity (Wildman–Crippen MR) is 98.8 cm³/mol. The van der Waals surface area contributed by atoms with Crippen LogP contribution in [0.3, 0.4) is 0 Å². The molecule has 8 nitrogen and oxygen atoms in total. The molecule has 0 saturated carbocycles. The molecule has 0 unspecified atom stereocenters. The summed E-state index contributed by atoms with van der Waals surface area (Å²) in [4.78, 5) is 48.4. The zero-order chi connectivity index (χ0) is 19.6. The molecule has 0 radical (unpaired) electrons. The van der Waals surface area contributed by atoms with Crippen molar-refractivity contribution in [3.63, 3.8) is 0 Å². The number of aromatic nitrogens is 2. The Labute approximate surface area is 159 Å². The first-order valence-corrected chi connectivity index (χ1v) is 9.56. The third kappa shape index (κ3) is 6.01. The maximum absolute atomic E-state index is 12.6. The fourth-order valence-electron chi connectivity index (χ4n) is 3.20. The SMILES string of the molecule is CCCN(CCC(=O)N1CCC[C@H](C(=O)OCC)C1)C(=O)c1cnccn1. The average Bonchev–Trinajstić information content (AvgIpc) is 2.71. The third-order valence-corrected chi connectivity index (χ3v) is 4.55. The highest BCUT2D eigenvalue weighted by Gasteiger charge is 2.29. The van der Waals surface area contributed by atoms with E-state index in [1.54, 1.807) is 16.7 Å². The van der Waals surface area contributed by atoms with E-state index < -0.39 is 0 Å². The second-order valence-electron chi connectivity index (χ2n) is 6.56. The molecule has 1 aliphatic rings. The van der Waals surface area contributed by atoms with Gasteiger partial charge in [0, 0.05) is 45.0 Å². The third-order valence-electron chi connectivity index (χ3n) is 4.55. The second kappa shape index (κ2) is 10.6. The van der Waals surface area contributed by atoms with Gasteiger partial charge in [-0.1, -0.05) is 6.92 Å². The van der Waals surface area contributed by atoms with Crippen molar-refractivity contribution in [2.24, 2.45) is 5.92 Å². The van der Waals surface area contributed by atoms with E-state index in [0.29, 0.717) is 32.8 Å². The van der Waals surface area contributed by atoms with Gasteiger partial charge in [0.25, 0.3) is 5.91 Å². The summed E-state index contributed by atoms with van der Waals surface area (Å²) < 4.78 is 5.08. The van der Waals surface area contributed by atoms with Gasteiger partial charge in [-0.05, 0) is 26.2 Å². The molecule has 1 aromatic heterocycles. The number of amides is 2. The molecule has 2 rings (SSSR count). The van der Waals surface area contributed by atoms with Crippen molar-refractivity contribution in [1.82, 2.24) is 19.8 Å². The number of piperidine rings is 1. The van der Waals surface area contributed by atoms with Crippen molar-refractivity contribution in [2.75, 3.05) is 32.8 Å². The van der Waals surface area contributed by atoms with Gasteiger partial charge in [0.1, 0.15) is 5.69 Å². The van der Waals surface area contributed by atoms with Crippen LogP contribution < -0.4 is 0 Å². The molecule has 2 amide bonds. The maximum atomic E-state index is 12.6. The lowest BCUT2D eigenvalue weighted by molar-refractivity contribution is -0.151. The Morgan fingerprint density at radius 2 is 2.07 bits per heavy atom. The van der Waals surface area contributed by atoms with Crippen LogP contribution in [0.5, 0.6) is 0 Å². The van der Waals surface area contributed by atoms with Gasteiger partial charge in [0.2, 0.25) is 5.91 Å². The van der Waals surface area contributed by atoms with Crippen molar-refractivity contribution in [1.29, 1.82) is 0 Å². The lowest BCUT2D eigenvalue weighted by Gasteiger charge is -2.32. The van der Waals surface area contributed by atoms with Gasteiger partial charge in [-0.2, -0.15) is 0 Å². The molecule has 1 saturated heterocycles. The highest BCUT2D eigenvalue weighted by atomic mass is 16.5. The molecule has 0 aromatic carbocycles. The lowest BCUT2D eigenvalue weighted by atomic mass is 9.98. The van der Waals surface area contributed by atoms with E-state index in [9.17, 15) is 14.4 Å². The van der Waals surface area contributed by atoms with Crippen molar-refractivity contribution in [3.05, 3.63) is 24.3 Å². The Bertz CT molecular complexity index is 638. The fraction of sp³-hybridized carbons (Fsp3) is 0.632. The van der Waals surface area contributed by atoms with Gasteiger partial charge in [-0.3, -0.25) is 19.4 Å². The van der Waals surface area contributed by atoms with Crippen LogP contribution in [0.4, 0.5) is 0 Å². The van der Waals surface area contributed by atoms with E-state index in [1.165, 1.54) is 18.6 Å². The number of hydrogen-bond acceptors (Lipinski definition) is 6. The van der Waals surface area contributed by atoms with Gasteiger partial charge >= 0.3 is 5.97 Å². The number of rotatable bonds is 8.